The number of nitrogens with zero attached hydrogens (tertiary/aromatic N) is 3. The average molecular weight is 302 g/mol. The summed E-state index contributed by atoms with van der Waals surface area (Å²) in [5.41, 5.74) is 0.374. The summed E-state index contributed by atoms with van der Waals surface area (Å²) in [6.07, 6.45) is -2.80. The van der Waals surface area contributed by atoms with E-state index in [9.17, 15) is 13.2 Å². The van der Waals surface area contributed by atoms with Gasteiger partial charge in [-0.15, -0.1) is 0 Å². The van der Waals surface area contributed by atoms with Crippen molar-refractivity contribution in [3.8, 4) is 0 Å². The predicted octanol–water partition coefficient (Wildman–Crippen LogP) is 2.76. The maximum atomic E-state index is 12.5. The van der Waals surface area contributed by atoms with Gasteiger partial charge >= 0.3 is 6.18 Å². The number of alkyl halides is 3. The molecule has 0 spiro atoms. The summed E-state index contributed by atoms with van der Waals surface area (Å²) in [4.78, 5) is 4.17. The second-order valence-corrected chi connectivity index (χ2v) is 5.41. The third kappa shape index (κ3) is 3.26. The molecule has 21 heavy (non-hydrogen) atoms. The summed E-state index contributed by atoms with van der Waals surface area (Å²) < 4.78 is 43.9. The number of imidazole rings is 1. The zero-order chi connectivity index (χ0) is 15.8. The monoisotopic (exact) mass is 302 g/mol. The zero-order valence-corrected chi connectivity index (χ0v) is 12.2. The van der Waals surface area contributed by atoms with Crippen LogP contribution in [0.15, 0.2) is 16.8 Å². The van der Waals surface area contributed by atoms with Crippen molar-refractivity contribution < 1.29 is 17.7 Å². The lowest BCUT2D eigenvalue weighted by Gasteiger charge is -2.23. The molecular formula is C13H17F3N4O. The van der Waals surface area contributed by atoms with Crippen LogP contribution in [-0.4, -0.2) is 14.7 Å². The molecule has 0 aliphatic heterocycles. The topological polar surface area (TPSA) is 55.9 Å². The number of aryl methyl sites for hydroxylation is 1. The molecule has 0 aliphatic carbocycles. The van der Waals surface area contributed by atoms with E-state index in [0.29, 0.717) is 6.54 Å². The van der Waals surface area contributed by atoms with Gasteiger partial charge in [0.2, 0.25) is 5.76 Å². The number of rotatable bonds is 4. The molecule has 0 amide bonds. The number of halogens is 3. The Bertz CT molecular complexity index is 628. The van der Waals surface area contributed by atoms with E-state index in [2.05, 4.69) is 20.0 Å². The normalized spacial score (nSPS) is 12.9. The molecule has 2 rings (SSSR count). The van der Waals surface area contributed by atoms with Gasteiger partial charge in [0.15, 0.2) is 0 Å². The third-order valence-corrected chi connectivity index (χ3v) is 3.46. The molecule has 0 bridgehead atoms. The van der Waals surface area contributed by atoms with E-state index in [1.165, 1.54) is 0 Å². The van der Waals surface area contributed by atoms with E-state index in [1.807, 2.05) is 18.5 Å². The average Bonchev–Trinajstić information content (AvgIpc) is 2.97. The fourth-order valence-corrected chi connectivity index (χ4v) is 1.82. The van der Waals surface area contributed by atoms with E-state index in [-0.39, 0.29) is 5.69 Å². The number of hydrogen-bond donors (Lipinski definition) is 1. The Hall–Kier alpha value is -1.83. The van der Waals surface area contributed by atoms with Gasteiger partial charge < -0.3 is 14.4 Å². The summed E-state index contributed by atoms with van der Waals surface area (Å²) >= 11 is 0. The maximum absolute atomic E-state index is 12.5. The van der Waals surface area contributed by atoms with Gasteiger partial charge in [0.1, 0.15) is 11.5 Å². The fraction of sp³-hybridized carbons (Fsp3) is 0.538. The van der Waals surface area contributed by atoms with Gasteiger partial charge in [-0.25, -0.2) is 4.98 Å². The minimum atomic E-state index is -4.53. The van der Waals surface area contributed by atoms with Crippen molar-refractivity contribution in [3.05, 3.63) is 35.2 Å². The molecule has 2 heterocycles. The van der Waals surface area contributed by atoms with Gasteiger partial charge in [0.05, 0.1) is 11.2 Å². The highest BCUT2D eigenvalue weighted by atomic mass is 19.4. The molecule has 5 nitrogen and oxygen atoms in total. The molecular weight excluding hydrogens is 285 g/mol. The minimum absolute atomic E-state index is 0.203. The molecule has 0 saturated carbocycles. The van der Waals surface area contributed by atoms with E-state index in [1.54, 1.807) is 20.0 Å². The molecule has 0 aromatic carbocycles. The van der Waals surface area contributed by atoms with Crippen molar-refractivity contribution in [1.82, 2.24) is 20.0 Å². The van der Waals surface area contributed by atoms with Crippen molar-refractivity contribution in [1.29, 1.82) is 0 Å². The summed E-state index contributed by atoms with van der Waals surface area (Å²) in [5, 5.41) is 6.67. The second kappa shape index (κ2) is 5.18. The highest BCUT2D eigenvalue weighted by Crippen LogP contribution is 2.32. The van der Waals surface area contributed by atoms with Crippen LogP contribution in [0.2, 0.25) is 0 Å². The third-order valence-electron chi connectivity index (χ3n) is 3.46. The first-order valence-corrected chi connectivity index (χ1v) is 6.38. The predicted molar refractivity (Wildman–Crippen MR) is 69.3 cm³/mol. The van der Waals surface area contributed by atoms with Crippen LogP contribution in [0.25, 0.3) is 0 Å². The van der Waals surface area contributed by atoms with Crippen LogP contribution in [0.5, 0.6) is 0 Å². The van der Waals surface area contributed by atoms with Crippen molar-refractivity contribution in [2.45, 2.75) is 39.0 Å². The van der Waals surface area contributed by atoms with E-state index in [4.69, 9.17) is 0 Å². The number of aromatic nitrogens is 3. The Morgan fingerprint density at radius 2 is 2.00 bits per heavy atom. The molecule has 0 radical (unpaired) electrons. The van der Waals surface area contributed by atoms with E-state index >= 15 is 0 Å². The minimum Gasteiger partial charge on any atom is -0.351 e. The van der Waals surface area contributed by atoms with Crippen LogP contribution in [-0.2, 0) is 25.3 Å². The summed E-state index contributed by atoms with van der Waals surface area (Å²) in [6.45, 7) is 5.82. The van der Waals surface area contributed by atoms with Crippen molar-refractivity contribution in [2.24, 2.45) is 7.05 Å². The standard InChI is InChI=1S/C13H17F3N4O/c1-8-17-6-9(20(8)4)7-18-12(2,3)10-5-11(21-19-10)13(14,15)16/h5-6,18H,7H2,1-4H3. The fourth-order valence-electron chi connectivity index (χ4n) is 1.82. The van der Waals surface area contributed by atoms with Gasteiger partial charge in [-0.3, -0.25) is 0 Å². The smallest absolute Gasteiger partial charge is 0.351 e. The van der Waals surface area contributed by atoms with Crippen LogP contribution in [0.4, 0.5) is 13.2 Å². The second-order valence-electron chi connectivity index (χ2n) is 5.41. The van der Waals surface area contributed by atoms with Crippen molar-refractivity contribution in [2.75, 3.05) is 0 Å². The Balaban J connectivity index is 2.11. The molecule has 116 valence electrons. The lowest BCUT2D eigenvalue weighted by molar-refractivity contribution is -0.155. The first-order chi connectivity index (χ1) is 9.61. The molecule has 0 saturated heterocycles. The van der Waals surface area contributed by atoms with Gasteiger partial charge in [-0.2, -0.15) is 13.2 Å². The van der Waals surface area contributed by atoms with Gasteiger partial charge in [0.25, 0.3) is 0 Å². The zero-order valence-electron chi connectivity index (χ0n) is 12.2. The van der Waals surface area contributed by atoms with Crippen LogP contribution in [0.1, 0.15) is 36.8 Å². The molecule has 0 atom stereocenters. The van der Waals surface area contributed by atoms with Gasteiger partial charge in [0, 0.05) is 25.9 Å². The molecule has 0 unspecified atom stereocenters. The van der Waals surface area contributed by atoms with Crippen LogP contribution in [0.3, 0.4) is 0 Å². The Morgan fingerprint density at radius 1 is 1.33 bits per heavy atom. The van der Waals surface area contributed by atoms with Crippen LogP contribution in [0, 0.1) is 6.92 Å². The molecule has 0 aliphatic rings. The first kappa shape index (κ1) is 15.6. The molecule has 0 fully saturated rings. The molecule has 1 N–H and O–H groups in total. The highest BCUT2D eigenvalue weighted by molar-refractivity contribution is 5.16. The van der Waals surface area contributed by atoms with E-state index in [0.717, 1.165) is 17.6 Å². The van der Waals surface area contributed by atoms with Crippen LogP contribution < -0.4 is 5.32 Å². The Kier molecular flexibility index (Phi) is 3.83. The lowest BCUT2D eigenvalue weighted by Crippen LogP contribution is -2.36. The Morgan fingerprint density at radius 3 is 2.48 bits per heavy atom. The van der Waals surface area contributed by atoms with E-state index < -0.39 is 17.5 Å². The summed E-state index contributed by atoms with van der Waals surface area (Å²) in [7, 11) is 1.88. The summed E-state index contributed by atoms with van der Waals surface area (Å²) in [5.74, 6) is -0.228. The maximum Gasteiger partial charge on any atom is 0.452 e. The molecule has 2 aromatic rings. The van der Waals surface area contributed by atoms with Crippen LogP contribution >= 0.6 is 0 Å². The quantitative estimate of drug-likeness (QED) is 0.943. The van der Waals surface area contributed by atoms with Crippen molar-refractivity contribution in [3.63, 3.8) is 0 Å². The largest absolute Gasteiger partial charge is 0.452 e. The molecule has 2 aromatic heterocycles. The summed E-state index contributed by atoms with van der Waals surface area (Å²) in [6, 6.07) is 0.918. The lowest BCUT2D eigenvalue weighted by atomic mass is 10.0. The SMILES string of the molecule is Cc1ncc(CNC(C)(C)c2cc(C(F)(F)F)on2)n1C. The number of nitrogens with one attached hydrogen (secondary N) is 1. The van der Waals surface area contributed by atoms with Crippen molar-refractivity contribution >= 4 is 0 Å². The first-order valence-electron chi connectivity index (χ1n) is 6.38. The molecule has 8 heteroatoms. The van der Waals surface area contributed by atoms with Gasteiger partial charge in [-0.1, -0.05) is 5.16 Å². The highest BCUT2D eigenvalue weighted by Gasteiger charge is 2.38. The number of hydrogen-bond acceptors (Lipinski definition) is 4. The Labute approximate surface area is 120 Å². The van der Waals surface area contributed by atoms with Gasteiger partial charge in [-0.05, 0) is 20.8 Å².